The van der Waals surface area contributed by atoms with Gasteiger partial charge in [-0.1, -0.05) is 15.9 Å². The molecular formula is C8H11BrO2. The zero-order valence-electron chi connectivity index (χ0n) is 6.22. The Hall–Kier alpha value is -0.0500. The summed E-state index contributed by atoms with van der Waals surface area (Å²) in [6, 6.07) is 0. The van der Waals surface area contributed by atoms with Gasteiger partial charge in [0.2, 0.25) is 0 Å². The van der Waals surface area contributed by atoms with E-state index in [2.05, 4.69) is 15.9 Å². The Balaban J connectivity index is 2.29. The number of aliphatic carboxylic acids is 1. The third-order valence-electron chi connectivity index (χ3n) is 3.22. The van der Waals surface area contributed by atoms with Crippen LogP contribution in [0.1, 0.15) is 25.7 Å². The molecule has 0 aromatic heterocycles. The molecule has 62 valence electrons. The largest absolute Gasteiger partial charge is 0.481 e. The van der Waals surface area contributed by atoms with Crippen molar-refractivity contribution in [1.29, 1.82) is 0 Å². The molecule has 0 amide bonds. The third-order valence-corrected chi connectivity index (χ3v) is 4.47. The van der Waals surface area contributed by atoms with E-state index >= 15 is 0 Å². The zero-order chi connectivity index (χ0) is 8.06. The van der Waals surface area contributed by atoms with E-state index in [0.29, 0.717) is 5.92 Å². The average Bonchev–Trinajstić information content (AvgIpc) is 2.43. The maximum Gasteiger partial charge on any atom is 0.310 e. The molecule has 2 rings (SSSR count). The predicted octanol–water partition coefficient (Wildman–Crippen LogP) is 2.02. The zero-order valence-corrected chi connectivity index (χ0v) is 7.80. The predicted molar refractivity (Wildman–Crippen MR) is 44.7 cm³/mol. The lowest BCUT2D eigenvalue weighted by atomic mass is 9.84. The third kappa shape index (κ3) is 0.866. The van der Waals surface area contributed by atoms with Crippen LogP contribution in [0.2, 0.25) is 0 Å². The first kappa shape index (κ1) is 7.59. The van der Waals surface area contributed by atoms with Crippen LogP contribution in [0.15, 0.2) is 0 Å². The maximum absolute atomic E-state index is 11.0. The molecule has 0 aromatic carbocycles. The van der Waals surface area contributed by atoms with E-state index in [1.807, 2.05) is 0 Å². The highest BCUT2D eigenvalue weighted by Gasteiger charge is 2.56. The quantitative estimate of drug-likeness (QED) is 0.685. The molecule has 2 aliphatic carbocycles. The first-order chi connectivity index (χ1) is 5.15. The molecule has 2 saturated carbocycles. The van der Waals surface area contributed by atoms with Crippen LogP contribution in [0.4, 0.5) is 0 Å². The van der Waals surface area contributed by atoms with Gasteiger partial charge in [0.05, 0.1) is 5.41 Å². The van der Waals surface area contributed by atoms with E-state index in [4.69, 9.17) is 5.11 Å². The summed E-state index contributed by atoms with van der Waals surface area (Å²) in [5.41, 5.74) is -0.398. The minimum Gasteiger partial charge on any atom is -0.481 e. The van der Waals surface area contributed by atoms with Crippen LogP contribution in [0.25, 0.3) is 0 Å². The monoisotopic (exact) mass is 218 g/mol. The number of alkyl halides is 1. The molecule has 2 nitrogen and oxygen atoms in total. The molecule has 11 heavy (non-hydrogen) atoms. The smallest absolute Gasteiger partial charge is 0.310 e. The number of rotatable bonds is 1. The Morgan fingerprint density at radius 3 is 2.64 bits per heavy atom. The molecule has 2 bridgehead atoms. The van der Waals surface area contributed by atoms with Crippen LogP contribution in [0.5, 0.6) is 0 Å². The summed E-state index contributed by atoms with van der Waals surface area (Å²) in [5.74, 6) is 0.0786. The van der Waals surface area contributed by atoms with Crippen molar-refractivity contribution in [2.75, 3.05) is 0 Å². The van der Waals surface area contributed by atoms with Crippen molar-refractivity contribution >= 4 is 21.9 Å². The van der Waals surface area contributed by atoms with E-state index in [1.54, 1.807) is 0 Å². The van der Waals surface area contributed by atoms with Gasteiger partial charge in [-0.3, -0.25) is 4.79 Å². The summed E-state index contributed by atoms with van der Waals surface area (Å²) in [7, 11) is 0. The number of halogens is 1. The Labute approximate surface area is 74.1 Å². The second-order valence-corrected chi connectivity index (χ2v) is 4.88. The molecule has 2 fully saturated rings. The van der Waals surface area contributed by atoms with E-state index in [9.17, 15) is 4.79 Å². The second-order valence-electron chi connectivity index (χ2n) is 3.77. The van der Waals surface area contributed by atoms with Gasteiger partial charge in [-0.05, 0) is 31.6 Å². The first-order valence-electron chi connectivity index (χ1n) is 4.02. The van der Waals surface area contributed by atoms with Crippen molar-refractivity contribution in [3.63, 3.8) is 0 Å². The van der Waals surface area contributed by atoms with Crippen LogP contribution in [0, 0.1) is 11.3 Å². The van der Waals surface area contributed by atoms with Crippen LogP contribution in [0.3, 0.4) is 0 Å². The van der Waals surface area contributed by atoms with Gasteiger partial charge in [-0.2, -0.15) is 0 Å². The van der Waals surface area contributed by atoms with Crippen LogP contribution < -0.4 is 0 Å². The van der Waals surface area contributed by atoms with Crippen LogP contribution >= 0.6 is 15.9 Å². The van der Waals surface area contributed by atoms with Crippen molar-refractivity contribution in [3.05, 3.63) is 0 Å². The molecule has 0 saturated heterocycles. The minimum atomic E-state index is -0.598. The number of carbonyl (C=O) groups is 1. The van der Waals surface area contributed by atoms with Gasteiger partial charge in [0.15, 0.2) is 0 Å². The summed E-state index contributed by atoms with van der Waals surface area (Å²) in [6.45, 7) is 0. The highest BCUT2D eigenvalue weighted by Crippen LogP contribution is 2.56. The molecule has 0 aromatic rings. The summed E-state index contributed by atoms with van der Waals surface area (Å²) in [5, 5.41) is 9.03. The number of carboxylic acids is 1. The number of carboxylic acid groups (broad SMARTS) is 1. The summed E-state index contributed by atoms with van der Waals surface area (Å²) in [4.78, 5) is 11.2. The molecule has 0 radical (unpaired) electrons. The fourth-order valence-corrected chi connectivity index (χ4v) is 3.65. The first-order valence-corrected chi connectivity index (χ1v) is 4.94. The van der Waals surface area contributed by atoms with Crippen molar-refractivity contribution in [2.45, 2.75) is 30.5 Å². The molecule has 2 aliphatic rings. The highest BCUT2D eigenvalue weighted by atomic mass is 79.9. The molecule has 0 unspecified atom stereocenters. The van der Waals surface area contributed by atoms with E-state index < -0.39 is 11.4 Å². The Morgan fingerprint density at radius 1 is 1.64 bits per heavy atom. The Morgan fingerprint density at radius 2 is 2.36 bits per heavy atom. The van der Waals surface area contributed by atoms with Gasteiger partial charge in [-0.25, -0.2) is 0 Å². The van der Waals surface area contributed by atoms with Crippen molar-refractivity contribution in [2.24, 2.45) is 11.3 Å². The lowest BCUT2D eigenvalue weighted by molar-refractivity contribution is -0.147. The van der Waals surface area contributed by atoms with Gasteiger partial charge in [0.1, 0.15) is 0 Å². The number of hydrogen-bond donors (Lipinski definition) is 1. The van der Waals surface area contributed by atoms with Crippen LogP contribution in [-0.4, -0.2) is 15.9 Å². The molecule has 3 atom stereocenters. The standard InChI is InChI=1S/C8H11BrO2/c9-6-3-5-1-2-8(6,4-5)7(10)11/h5-6H,1-4H2,(H,10,11)/t5-,6-,8-/m0/s1. The Bertz CT molecular complexity index is 204. The van der Waals surface area contributed by atoms with Crippen LogP contribution in [-0.2, 0) is 4.79 Å². The summed E-state index contributed by atoms with van der Waals surface area (Å²) >= 11 is 3.47. The number of hydrogen-bond acceptors (Lipinski definition) is 1. The average molecular weight is 219 g/mol. The Kier molecular flexibility index (Phi) is 1.53. The van der Waals surface area contributed by atoms with Crippen molar-refractivity contribution in [3.8, 4) is 0 Å². The summed E-state index contributed by atoms with van der Waals surface area (Å²) < 4.78 is 0. The number of fused-ring (bicyclic) bond motifs is 2. The topological polar surface area (TPSA) is 37.3 Å². The van der Waals surface area contributed by atoms with E-state index in [-0.39, 0.29) is 4.83 Å². The van der Waals surface area contributed by atoms with Gasteiger partial charge >= 0.3 is 5.97 Å². The molecule has 0 spiro atoms. The summed E-state index contributed by atoms with van der Waals surface area (Å²) in [6.07, 6.45) is 3.96. The lowest BCUT2D eigenvalue weighted by Gasteiger charge is -2.26. The lowest BCUT2D eigenvalue weighted by Crippen LogP contribution is -2.34. The van der Waals surface area contributed by atoms with Gasteiger partial charge < -0.3 is 5.11 Å². The van der Waals surface area contributed by atoms with Crippen molar-refractivity contribution in [1.82, 2.24) is 0 Å². The van der Waals surface area contributed by atoms with Crippen molar-refractivity contribution < 1.29 is 9.90 Å². The van der Waals surface area contributed by atoms with E-state index in [0.717, 1.165) is 25.7 Å². The molecule has 1 N–H and O–H groups in total. The van der Waals surface area contributed by atoms with Gasteiger partial charge in [0.25, 0.3) is 0 Å². The van der Waals surface area contributed by atoms with Gasteiger partial charge in [0, 0.05) is 4.83 Å². The molecule has 0 aliphatic heterocycles. The molecule has 0 heterocycles. The molecule has 3 heteroatoms. The van der Waals surface area contributed by atoms with Gasteiger partial charge in [-0.15, -0.1) is 0 Å². The highest BCUT2D eigenvalue weighted by molar-refractivity contribution is 9.09. The van der Waals surface area contributed by atoms with E-state index in [1.165, 1.54) is 0 Å². The minimum absolute atomic E-state index is 0.228. The molecular weight excluding hydrogens is 208 g/mol. The normalized spacial score (nSPS) is 48.1. The maximum atomic E-state index is 11.0. The second kappa shape index (κ2) is 2.22. The fraction of sp³-hybridized carbons (Fsp3) is 0.875. The SMILES string of the molecule is O=C(O)[C@]12CC[C@@H](C[C@@H]1Br)C2. The fourth-order valence-electron chi connectivity index (χ4n) is 2.51.